The first-order chi connectivity index (χ1) is 13.4. The van der Waals surface area contributed by atoms with Crippen molar-refractivity contribution in [3.8, 4) is 11.5 Å². The molecule has 0 aliphatic carbocycles. The highest BCUT2D eigenvalue weighted by Crippen LogP contribution is 2.33. The molecule has 28 heavy (non-hydrogen) atoms. The van der Waals surface area contributed by atoms with Crippen LogP contribution >= 0.6 is 23.4 Å². The number of nitrogens with zero attached hydrogens (tertiary/aromatic N) is 2. The largest absolute Gasteiger partial charge is 0.454 e. The number of hydrogen-bond donors (Lipinski definition) is 0. The molecule has 2 heterocycles. The summed E-state index contributed by atoms with van der Waals surface area (Å²) in [6.45, 7) is 3.98. The molecular formula is C20H17ClN2O4S. The van der Waals surface area contributed by atoms with Gasteiger partial charge in [-0.25, -0.2) is 4.98 Å². The van der Waals surface area contributed by atoms with E-state index in [1.807, 2.05) is 13.8 Å². The third-order valence-corrected chi connectivity index (χ3v) is 5.56. The normalized spacial score (nSPS) is 12.7. The predicted octanol–water partition coefficient (Wildman–Crippen LogP) is 4.33. The molecule has 8 heteroatoms. The molecule has 0 saturated heterocycles. The third-order valence-electron chi connectivity index (χ3n) is 4.37. The maximum absolute atomic E-state index is 12.9. The van der Waals surface area contributed by atoms with Gasteiger partial charge in [0.05, 0.1) is 16.7 Å². The SMILES string of the molecule is CC(C)n1c(SCC(=O)c2ccc3c(c2)OCO3)nc2cc(Cl)ccc2c1=O. The standard InChI is InChI=1S/C20H17ClN2O4S/c1-11(2)23-19(25)14-5-4-13(21)8-15(14)22-20(23)28-9-16(24)12-3-6-17-18(7-12)27-10-26-17/h3-8,11H,9-10H2,1-2H3. The summed E-state index contributed by atoms with van der Waals surface area (Å²) in [7, 11) is 0. The van der Waals surface area contributed by atoms with Crippen LogP contribution in [0.25, 0.3) is 10.9 Å². The Kier molecular flexibility index (Phi) is 5.03. The lowest BCUT2D eigenvalue weighted by Crippen LogP contribution is -2.25. The minimum atomic E-state index is -0.144. The van der Waals surface area contributed by atoms with Crippen LogP contribution in [0, 0.1) is 0 Å². The van der Waals surface area contributed by atoms with Crippen LogP contribution in [-0.4, -0.2) is 27.9 Å². The van der Waals surface area contributed by atoms with E-state index in [9.17, 15) is 9.59 Å². The average Bonchev–Trinajstić information content (AvgIpc) is 3.13. The molecule has 0 radical (unpaired) electrons. The Balaban J connectivity index is 1.64. The second kappa shape index (κ2) is 7.48. The van der Waals surface area contributed by atoms with Crippen molar-refractivity contribution in [2.75, 3.05) is 12.5 Å². The molecule has 0 unspecified atom stereocenters. The zero-order chi connectivity index (χ0) is 19.8. The van der Waals surface area contributed by atoms with Gasteiger partial charge in [-0.2, -0.15) is 0 Å². The number of Topliss-reactive ketones (excluding diaryl/α,β-unsaturated/α-hetero) is 1. The first kappa shape index (κ1) is 18.8. The molecule has 0 fully saturated rings. The van der Waals surface area contributed by atoms with Gasteiger partial charge in [-0.05, 0) is 50.2 Å². The average molecular weight is 417 g/mol. The summed E-state index contributed by atoms with van der Waals surface area (Å²) in [5.41, 5.74) is 0.904. The number of rotatable bonds is 5. The topological polar surface area (TPSA) is 70.4 Å². The van der Waals surface area contributed by atoms with Crippen LogP contribution in [0.4, 0.5) is 0 Å². The van der Waals surface area contributed by atoms with E-state index in [2.05, 4.69) is 4.98 Å². The van der Waals surface area contributed by atoms with E-state index in [4.69, 9.17) is 21.1 Å². The number of aromatic nitrogens is 2. The minimum Gasteiger partial charge on any atom is -0.454 e. The van der Waals surface area contributed by atoms with E-state index in [0.717, 1.165) is 0 Å². The number of carbonyl (C=O) groups is 1. The Bertz CT molecular complexity index is 1140. The first-order valence-electron chi connectivity index (χ1n) is 8.71. The van der Waals surface area contributed by atoms with Crippen LogP contribution in [0.5, 0.6) is 11.5 Å². The number of ether oxygens (including phenoxy) is 2. The molecule has 144 valence electrons. The Morgan fingerprint density at radius 2 is 2.00 bits per heavy atom. The quantitative estimate of drug-likeness (QED) is 0.350. The number of ketones is 1. The zero-order valence-electron chi connectivity index (χ0n) is 15.3. The zero-order valence-corrected chi connectivity index (χ0v) is 16.8. The minimum absolute atomic E-state index is 0.0842. The van der Waals surface area contributed by atoms with Crippen LogP contribution in [-0.2, 0) is 0 Å². The van der Waals surface area contributed by atoms with Gasteiger partial charge >= 0.3 is 0 Å². The molecule has 0 amide bonds. The van der Waals surface area contributed by atoms with E-state index in [1.165, 1.54) is 11.8 Å². The Hall–Kier alpha value is -2.51. The third kappa shape index (κ3) is 3.47. The van der Waals surface area contributed by atoms with E-state index in [0.29, 0.717) is 38.1 Å². The van der Waals surface area contributed by atoms with Gasteiger partial charge in [0.2, 0.25) is 6.79 Å². The van der Waals surface area contributed by atoms with Crippen LogP contribution in [0.2, 0.25) is 5.02 Å². The number of carbonyl (C=O) groups excluding carboxylic acids is 1. The lowest BCUT2D eigenvalue weighted by molar-refractivity contribution is 0.102. The van der Waals surface area contributed by atoms with Gasteiger partial charge in [0.1, 0.15) is 0 Å². The molecule has 0 atom stereocenters. The fraction of sp³-hybridized carbons (Fsp3) is 0.250. The molecule has 1 aromatic heterocycles. The Labute approximate surface area is 170 Å². The smallest absolute Gasteiger partial charge is 0.262 e. The van der Waals surface area contributed by atoms with Crippen molar-refractivity contribution in [1.29, 1.82) is 0 Å². The number of thioether (sulfide) groups is 1. The number of hydrogen-bond acceptors (Lipinski definition) is 6. The van der Waals surface area contributed by atoms with Gasteiger partial charge in [-0.1, -0.05) is 23.4 Å². The highest BCUT2D eigenvalue weighted by atomic mass is 35.5. The molecule has 3 aromatic rings. The van der Waals surface area contributed by atoms with E-state index in [1.54, 1.807) is 41.0 Å². The van der Waals surface area contributed by atoms with Crippen molar-refractivity contribution in [2.45, 2.75) is 25.0 Å². The molecule has 0 spiro atoms. The van der Waals surface area contributed by atoms with Crippen LogP contribution < -0.4 is 15.0 Å². The monoisotopic (exact) mass is 416 g/mol. The van der Waals surface area contributed by atoms with Gasteiger partial charge in [0, 0.05) is 16.6 Å². The molecule has 0 N–H and O–H groups in total. The maximum atomic E-state index is 12.9. The number of fused-ring (bicyclic) bond motifs is 2. The fourth-order valence-electron chi connectivity index (χ4n) is 2.99. The summed E-state index contributed by atoms with van der Waals surface area (Å²) in [5, 5.41) is 1.50. The summed E-state index contributed by atoms with van der Waals surface area (Å²) >= 11 is 7.28. The summed E-state index contributed by atoms with van der Waals surface area (Å²) in [5.74, 6) is 1.25. The van der Waals surface area contributed by atoms with Crippen molar-refractivity contribution in [2.24, 2.45) is 0 Å². The second-order valence-corrected chi connectivity index (χ2v) is 7.98. The van der Waals surface area contributed by atoms with Crippen LogP contribution in [0.1, 0.15) is 30.2 Å². The van der Waals surface area contributed by atoms with Crippen LogP contribution in [0.3, 0.4) is 0 Å². The van der Waals surface area contributed by atoms with Crippen molar-refractivity contribution >= 4 is 40.0 Å². The van der Waals surface area contributed by atoms with Gasteiger partial charge < -0.3 is 9.47 Å². The van der Waals surface area contributed by atoms with Crippen molar-refractivity contribution in [3.63, 3.8) is 0 Å². The highest BCUT2D eigenvalue weighted by molar-refractivity contribution is 7.99. The summed E-state index contributed by atoms with van der Waals surface area (Å²) in [6, 6.07) is 10.0. The molecule has 0 bridgehead atoms. The summed E-state index contributed by atoms with van der Waals surface area (Å²) in [4.78, 5) is 30.1. The Morgan fingerprint density at radius 1 is 1.21 bits per heavy atom. The highest BCUT2D eigenvalue weighted by Gasteiger charge is 2.19. The Morgan fingerprint density at radius 3 is 2.79 bits per heavy atom. The van der Waals surface area contributed by atoms with Gasteiger partial charge in [0.25, 0.3) is 5.56 Å². The fourth-order valence-corrected chi connectivity index (χ4v) is 4.18. The van der Waals surface area contributed by atoms with Crippen molar-refractivity contribution < 1.29 is 14.3 Å². The lowest BCUT2D eigenvalue weighted by Gasteiger charge is -2.16. The molecule has 1 aliphatic heterocycles. The van der Waals surface area contributed by atoms with E-state index >= 15 is 0 Å². The lowest BCUT2D eigenvalue weighted by atomic mass is 10.1. The number of benzene rings is 2. The number of halogens is 1. The molecular weight excluding hydrogens is 400 g/mol. The van der Waals surface area contributed by atoms with E-state index < -0.39 is 0 Å². The van der Waals surface area contributed by atoms with Crippen molar-refractivity contribution in [3.05, 3.63) is 57.3 Å². The first-order valence-corrected chi connectivity index (χ1v) is 10.1. The molecule has 6 nitrogen and oxygen atoms in total. The van der Waals surface area contributed by atoms with Gasteiger partial charge in [0.15, 0.2) is 22.4 Å². The van der Waals surface area contributed by atoms with Crippen LogP contribution in [0.15, 0.2) is 46.3 Å². The molecule has 0 saturated carbocycles. The summed E-state index contributed by atoms with van der Waals surface area (Å²) < 4.78 is 12.2. The van der Waals surface area contributed by atoms with Gasteiger partial charge in [-0.15, -0.1) is 0 Å². The molecule has 1 aliphatic rings. The predicted molar refractivity (Wildman–Crippen MR) is 109 cm³/mol. The van der Waals surface area contributed by atoms with Gasteiger partial charge in [-0.3, -0.25) is 14.2 Å². The molecule has 2 aromatic carbocycles. The summed E-state index contributed by atoms with van der Waals surface area (Å²) in [6.07, 6.45) is 0. The van der Waals surface area contributed by atoms with Crippen molar-refractivity contribution in [1.82, 2.24) is 9.55 Å². The maximum Gasteiger partial charge on any atom is 0.262 e. The molecule has 4 rings (SSSR count). The second-order valence-electron chi connectivity index (χ2n) is 6.60. The van der Waals surface area contributed by atoms with E-state index in [-0.39, 0.29) is 29.9 Å².